The number of fused-ring (bicyclic) bond motifs is 1. The molecule has 0 unspecified atom stereocenters. The van der Waals surface area contributed by atoms with E-state index in [4.69, 9.17) is 0 Å². The van der Waals surface area contributed by atoms with Crippen LogP contribution in [0.5, 0.6) is 0 Å². The van der Waals surface area contributed by atoms with Crippen molar-refractivity contribution in [3.05, 3.63) is 75.8 Å². The number of benzene rings is 2. The van der Waals surface area contributed by atoms with Crippen LogP contribution in [0.15, 0.2) is 53.3 Å². The Morgan fingerprint density at radius 1 is 1.04 bits per heavy atom. The van der Waals surface area contributed by atoms with Crippen LogP contribution in [0, 0.1) is 6.92 Å². The second-order valence-corrected chi connectivity index (χ2v) is 6.77. The average molecular weight is 360 g/mol. The van der Waals surface area contributed by atoms with Gasteiger partial charge in [0.25, 0.3) is 0 Å². The summed E-state index contributed by atoms with van der Waals surface area (Å²) in [7, 11) is 1.80. The van der Waals surface area contributed by atoms with Crippen molar-refractivity contribution in [1.29, 1.82) is 0 Å². The van der Waals surface area contributed by atoms with Gasteiger partial charge in [0, 0.05) is 24.7 Å². The van der Waals surface area contributed by atoms with Crippen LogP contribution in [-0.2, 0) is 17.8 Å². The van der Waals surface area contributed by atoms with Gasteiger partial charge >= 0.3 is 5.69 Å². The van der Waals surface area contributed by atoms with E-state index in [1.54, 1.807) is 18.9 Å². The second-order valence-electron chi connectivity index (χ2n) is 6.77. The molecule has 4 rings (SSSR count). The summed E-state index contributed by atoms with van der Waals surface area (Å²) in [6, 6.07) is 15.6. The minimum Gasteiger partial charge on any atom is -0.315 e. The van der Waals surface area contributed by atoms with Gasteiger partial charge in [0.2, 0.25) is 5.91 Å². The molecule has 1 aliphatic heterocycles. The van der Waals surface area contributed by atoms with Crippen molar-refractivity contribution < 1.29 is 4.79 Å². The number of hydrogen-bond acceptors (Lipinski definition) is 4. The molecular weight excluding hydrogens is 340 g/mol. The normalized spacial score (nSPS) is 13.6. The van der Waals surface area contributed by atoms with Gasteiger partial charge in [0.15, 0.2) is 0 Å². The Labute approximate surface area is 157 Å². The van der Waals surface area contributed by atoms with Crippen LogP contribution >= 0.6 is 0 Å². The first kappa shape index (κ1) is 17.1. The Morgan fingerprint density at radius 3 is 2.59 bits per heavy atom. The molecule has 2 heterocycles. The number of carbonyl (C=O) groups excluding carboxylic acids is 1. The maximum Gasteiger partial charge on any atom is 0.364 e. The lowest BCUT2D eigenvalue weighted by Crippen LogP contribution is -2.31. The van der Waals surface area contributed by atoms with Gasteiger partial charge in [0.1, 0.15) is 5.69 Å². The van der Waals surface area contributed by atoms with E-state index in [0.29, 0.717) is 30.8 Å². The molecule has 0 radical (unpaired) electrons. The van der Waals surface area contributed by atoms with Crippen LogP contribution in [0.2, 0.25) is 0 Å². The molecule has 27 heavy (non-hydrogen) atoms. The summed E-state index contributed by atoms with van der Waals surface area (Å²) >= 11 is 0. The third kappa shape index (κ3) is 3.26. The van der Waals surface area contributed by atoms with Gasteiger partial charge in [-0.3, -0.25) is 4.79 Å². The molecular formula is C21H20N4O2. The van der Waals surface area contributed by atoms with E-state index in [9.17, 15) is 9.59 Å². The van der Waals surface area contributed by atoms with Crippen molar-refractivity contribution in [2.45, 2.75) is 26.3 Å². The summed E-state index contributed by atoms with van der Waals surface area (Å²) in [5, 5.41) is 4.58. The number of aryl methyl sites for hydroxylation is 2. The Morgan fingerprint density at radius 2 is 1.81 bits per heavy atom. The number of nitrogens with zero attached hydrogens (tertiary/aromatic N) is 4. The van der Waals surface area contributed by atoms with Crippen molar-refractivity contribution in [2.24, 2.45) is 0 Å². The second kappa shape index (κ2) is 6.79. The molecule has 0 atom stereocenters. The molecule has 136 valence electrons. The van der Waals surface area contributed by atoms with Gasteiger partial charge in [0.05, 0.1) is 12.2 Å². The molecule has 1 amide bonds. The molecule has 0 fully saturated rings. The predicted molar refractivity (Wildman–Crippen MR) is 104 cm³/mol. The monoisotopic (exact) mass is 360 g/mol. The Bertz CT molecular complexity index is 1070. The Kier molecular flexibility index (Phi) is 4.32. The van der Waals surface area contributed by atoms with Gasteiger partial charge in [-0.15, -0.1) is 0 Å². The van der Waals surface area contributed by atoms with Crippen LogP contribution in [0.3, 0.4) is 0 Å². The average Bonchev–Trinajstić information content (AvgIpc) is 2.67. The minimum atomic E-state index is -0.358. The van der Waals surface area contributed by atoms with Gasteiger partial charge in [-0.25, -0.2) is 9.48 Å². The molecule has 0 N–H and O–H groups in total. The number of carbonyl (C=O) groups is 1. The Balaban J connectivity index is 1.75. The van der Waals surface area contributed by atoms with E-state index in [2.05, 4.69) is 10.1 Å². The predicted octanol–water partition coefficient (Wildman–Crippen LogP) is 2.57. The lowest BCUT2D eigenvalue weighted by molar-refractivity contribution is -0.118. The van der Waals surface area contributed by atoms with Crippen LogP contribution in [0.4, 0.5) is 5.69 Å². The van der Waals surface area contributed by atoms with E-state index in [1.165, 1.54) is 4.68 Å². The SMILES string of the molecule is Cc1nc(=O)n(Cc2ccccc2)nc1-c1ccc2c(c1)CCC(=O)N2C. The number of anilines is 1. The summed E-state index contributed by atoms with van der Waals surface area (Å²) in [5.74, 6) is 0.127. The smallest absolute Gasteiger partial charge is 0.315 e. The van der Waals surface area contributed by atoms with Crippen molar-refractivity contribution in [1.82, 2.24) is 14.8 Å². The Hall–Kier alpha value is -3.28. The number of hydrogen-bond donors (Lipinski definition) is 0. The zero-order valence-corrected chi connectivity index (χ0v) is 15.3. The standard InChI is InChI=1S/C21H20N4O2/c1-14-20(17-8-10-18-16(12-17)9-11-19(26)24(18)2)23-25(21(27)22-14)13-15-6-4-3-5-7-15/h3-8,10,12H,9,11,13H2,1-2H3. The molecule has 0 saturated heterocycles. The third-order valence-corrected chi connectivity index (χ3v) is 4.92. The lowest BCUT2D eigenvalue weighted by atomic mass is 9.97. The maximum atomic E-state index is 12.3. The van der Waals surface area contributed by atoms with Crippen molar-refractivity contribution in [3.63, 3.8) is 0 Å². The fourth-order valence-electron chi connectivity index (χ4n) is 3.42. The van der Waals surface area contributed by atoms with E-state index in [0.717, 1.165) is 22.4 Å². The highest BCUT2D eigenvalue weighted by molar-refractivity contribution is 5.96. The molecule has 0 spiro atoms. The fraction of sp³-hybridized carbons (Fsp3) is 0.238. The van der Waals surface area contributed by atoms with Gasteiger partial charge < -0.3 is 4.90 Å². The third-order valence-electron chi connectivity index (χ3n) is 4.92. The molecule has 1 aliphatic rings. The molecule has 6 nitrogen and oxygen atoms in total. The first-order chi connectivity index (χ1) is 13.0. The number of amides is 1. The molecule has 1 aromatic heterocycles. The van der Waals surface area contributed by atoms with Crippen molar-refractivity contribution in [2.75, 3.05) is 11.9 Å². The van der Waals surface area contributed by atoms with E-state index in [-0.39, 0.29) is 11.6 Å². The molecule has 6 heteroatoms. The molecule has 0 saturated carbocycles. The van der Waals surface area contributed by atoms with Crippen molar-refractivity contribution in [3.8, 4) is 11.3 Å². The summed E-state index contributed by atoms with van der Waals surface area (Å²) in [6.45, 7) is 2.17. The van der Waals surface area contributed by atoms with Crippen LogP contribution < -0.4 is 10.6 Å². The van der Waals surface area contributed by atoms with Crippen molar-refractivity contribution >= 4 is 11.6 Å². The van der Waals surface area contributed by atoms with E-state index >= 15 is 0 Å². The topological polar surface area (TPSA) is 68.1 Å². The summed E-state index contributed by atoms with van der Waals surface area (Å²) in [4.78, 5) is 30.0. The van der Waals surface area contributed by atoms with E-state index in [1.807, 2.05) is 48.5 Å². The molecule has 0 aliphatic carbocycles. The summed E-state index contributed by atoms with van der Waals surface area (Å²) < 4.78 is 1.40. The van der Waals surface area contributed by atoms with Crippen LogP contribution in [0.25, 0.3) is 11.3 Å². The quantitative estimate of drug-likeness (QED) is 0.720. The van der Waals surface area contributed by atoms with Gasteiger partial charge in [-0.1, -0.05) is 36.4 Å². The first-order valence-corrected chi connectivity index (χ1v) is 8.92. The number of aromatic nitrogens is 3. The first-order valence-electron chi connectivity index (χ1n) is 8.92. The highest BCUT2D eigenvalue weighted by atomic mass is 16.2. The molecule has 2 aromatic carbocycles. The van der Waals surface area contributed by atoms with E-state index < -0.39 is 0 Å². The number of rotatable bonds is 3. The lowest BCUT2D eigenvalue weighted by Gasteiger charge is -2.26. The summed E-state index contributed by atoms with van der Waals surface area (Å²) in [6.07, 6.45) is 1.22. The minimum absolute atomic E-state index is 0.127. The highest BCUT2D eigenvalue weighted by Gasteiger charge is 2.21. The van der Waals surface area contributed by atoms with Crippen LogP contribution in [-0.4, -0.2) is 27.7 Å². The zero-order chi connectivity index (χ0) is 19.0. The molecule has 3 aromatic rings. The summed E-state index contributed by atoms with van der Waals surface area (Å²) in [5.41, 5.74) is 4.87. The highest BCUT2D eigenvalue weighted by Crippen LogP contribution is 2.31. The van der Waals surface area contributed by atoms with Gasteiger partial charge in [-0.05, 0) is 36.6 Å². The van der Waals surface area contributed by atoms with Crippen LogP contribution in [0.1, 0.15) is 23.2 Å². The zero-order valence-electron chi connectivity index (χ0n) is 15.3. The van der Waals surface area contributed by atoms with Gasteiger partial charge in [-0.2, -0.15) is 10.1 Å². The molecule has 0 bridgehead atoms. The maximum absolute atomic E-state index is 12.3. The fourth-order valence-corrected chi connectivity index (χ4v) is 3.42. The largest absolute Gasteiger partial charge is 0.364 e.